The second kappa shape index (κ2) is 6.24. The van der Waals surface area contributed by atoms with Crippen LogP contribution in [0.3, 0.4) is 0 Å². The van der Waals surface area contributed by atoms with Gasteiger partial charge in [0.2, 0.25) is 0 Å². The van der Waals surface area contributed by atoms with E-state index in [0.29, 0.717) is 18.0 Å². The van der Waals surface area contributed by atoms with Gasteiger partial charge in [0.1, 0.15) is 0 Å². The lowest BCUT2D eigenvalue weighted by Gasteiger charge is -2.30. The first-order valence-corrected chi connectivity index (χ1v) is 7.32. The second-order valence-electron chi connectivity index (χ2n) is 5.63. The second-order valence-corrected chi connectivity index (χ2v) is 5.63. The summed E-state index contributed by atoms with van der Waals surface area (Å²) in [5.41, 5.74) is 8.80. The van der Waals surface area contributed by atoms with E-state index in [0.717, 1.165) is 6.42 Å². The van der Waals surface area contributed by atoms with Gasteiger partial charge < -0.3 is 11.1 Å². The quantitative estimate of drug-likeness (QED) is 0.846. The van der Waals surface area contributed by atoms with E-state index >= 15 is 0 Å². The molecule has 2 heteroatoms. The summed E-state index contributed by atoms with van der Waals surface area (Å²) in [5.74, 6) is 0.649. The van der Waals surface area contributed by atoms with Gasteiger partial charge in [0, 0.05) is 17.8 Å². The van der Waals surface area contributed by atoms with Crippen LogP contribution in [0.2, 0.25) is 0 Å². The van der Waals surface area contributed by atoms with E-state index in [4.69, 9.17) is 5.73 Å². The van der Waals surface area contributed by atoms with Gasteiger partial charge in [-0.15, -0.1) is 0 Å². The van der Waals surface area contributed by atoms with Crippen LogP contribution in [-0.4, -0.2) is 12.1 Å². The Morgan fingerprint density at radius 2 is 1.89 bits per heavy atom. The zero-order chi connectivity index (χ0) is 13.0. The van der Waals surface area contributed by atoms with Gasteiger partial charge in [-0.25, -0.2) is 0 Å². The van der Waals surface area contributed by atoms with E-state index in [-0.39, 0.29) is 0 Å². The highest BCUT2D eigenvalue weighted by atomic mass is 15.0. The van der Waals surface area contributed by atoms with Crippen molar-refractivity contribution in [3.8, 4) is 0 Å². The highest BCUT2D eigenvalue weighted by molar-refractivity contribution is 5.46. The van der Waals surface area contributed by atoms with Gasteiger partial charge in [0.05, 0.1) is 0 Å². The van der Waals surface area contributed by atoms with Crippen LogP contribution >= 0.6 is 0 Å². The molecule has 0 heterocycles. The molecule has 18 heavy (non-hydrogen) atoms. The molecule has 1 aliphatic rings. The molecule has 3 unspecified atom stereocenters. The molecular formula is C16H26N2. The molecule has 0 aliphatic heterocycles. The fourth-order valence-corrected chi connectivity index (χ4v) is 2.70. The molecule has 0 radical (unpaired) electrons. The maximum Gasteiger partial charge on any atom is 0.0412 e. The molecule has 0 aromatic heterocycles. The van der Waals surface area contributed by atoms with Crippen molar-refractivity contribution in [2.75, 3.05) is 5.32 Å². The summed E-state index contributed by atoms with van der Waals surface area (Å²) >= 11 is 0. The van der Waals surface area contributed by atoms with Crippen LogP contribution in [0.15, 0.2) is 24.3 Å². The Kier molecular flexibility index (Phi) is 4.65. The van der Waals surface area contributed by atoms with Crippen molar-refractivity contribution in [2.45, 2.75) is 64.0 Å². The molecule has 1 fully saturated rings. The van der Waals surface area contributed by atoms with Gasteiger partial charge in [-0.2, -0.15) is 0 Å². The van der Waals surface area contributed by atoms with Crippen molar-refractivity contribution < 1.29 is 0 Å². The normalized spacial score (nSPS) is 25.7. The van der Waals surface area contributed by atoms with Crippen molar-refractivity contribution in [2.24, 2.45) is 5.73 Å². The monoisotopic (exact) mass is 246 g/mol. The van der Waals surface area contributed by atoms with Crippen LogP contribution in [0.1, 0.15) is 57.4 Å². The molecule has 3 N–H and O–H groups in total. The molecule has 2 rings (SSSR count). The topological polar surface area (TPSA) is 38.0 Å². The summed E-state index contributed by atoms with van der Waals surface area (Å²) in [6, 6.07) is 9.64. The highest BCUT2D eigenvalue weighted by Gasteiger charge is 2.21. The Labute approximate surface area is 111 Å². The Morgan fingerprint density at radius 3 is 2.50 bits per heavy atom. The Hall–Kier alpha value is -1.02. The predicted molar refractivity (Wildman–Crippen MR) is 79.0 cm³/mol. The zero-order valence-electron chi connectivity index (χ0n) is 11.7. The van der Waals surface area contributed by atoms with E-state index in [9.17, 15) is 0 Å². The Morgan fingerprint density at radius 1 is 1.22 bits per heavy atom. The average Bonchev–Trinajstić information content (AvgIpc) is 2.41. The summed E-state index contributed by atoms with van der Waals surface area (Å²) in [5, 5.41) is 3.59. The molecule has 0 amide bonds. The molecular weight excluding hydrogens is 220 g/mol. The minimum atomic E-state index is 0.313. The van der Waals surface area contributed by atoms with Crippen LogP contribution in [0.5, 0.6) is 0 Å². The van der Waals surface area contributed by atoms with E-state index in [1.54, 1.807) is 0 Å². The van der Waals surface area contributed by atoms with Crippen molar-refractivity contribution in [1.29, 1.82) is 0 Å². The number of rotatable bonds is 4. The fraction of sp³-hybridized carbons (Fsp3) is 0.625. The van der Waals surface area contributed by atoms with E-state index in [2.05, 4.69) is 43.4 Å². The molecule has 1 aliphatic carbocycles. The van der Waals surface area contributed by atoms with Crippen LogP contribution in [-0.2, 0) is 0 Å². The largest absolute Gasteiger partial charge is 0.381 e. The van der Waals surface area contributed by atoms with Gasteiger partial charge in [-0.1, -0.05) is 38.8 Å². The predicted octanol–water partition coefficient (Wildman–Crippen LogP) is 3.88. The summed E-state index contributed by atoms with van der Waals surface area (Å²) in [6.45, 7) is 4.51. The first-order valence-electron chi connectivity index (χ1n) is 7.32. The Bertz CT molecular complexity index is 358. The number of hydrogen-bond donors (Lipinski definition) is 2. The lowest BCUT2D eigenvalue weighted by atomic mass is 9.90. The molecule has 3 atom stereocenters. The fourth-order valence-electron chi connectivity index (χ4n) is 2.70. The number of hydrogen-bond acceptors (Lipinski definition) is 2. The molecule has 1 aromatic rings. The molecule has 100 valence electrons. The van der Waals surface area contributed by atoms with Crippen LogP contribution in [0, 0.1) is 0 Å². The zero-order valence-corrected chi connectivity index (χ0v) is 11.7. The van der Waals surface area contributed by atoms with E-state index in [1.807, 2.05) is 0 Å². The molecule has 0 spiro atoms. The van der Waals surface area contributed by atoms with Crippen molar-refractivity contribution in [3.63, 3.8) is 0 Å². The van der Waals surface area contributed by atoms with Gasteiger partial charge in [0.25, 0.3) is 0 Å². The summed E-state index contributed by atoms with van der Waals surface area (Å²) in [6.07, 6.45) is 6.14. The minimum absolute atomic E-state index is 0.313. The third-order valence-corrected chi connectivity index (χ3v) is 4.26. The highest BCUT2D eigenvalue weighted by Crippen LogP contribution is 2.23. The molecule has 0 bridgehead atoms. The third kappa shape index (κ3) is 3.26. The van der Waals surface area contributed by atoms with Gasteiger partial charge in [0.15, 0.2) is 0 Å². The maximum absolute atomic E-state index is 6.16. The minimum Gasteiger partial charge on any atom is -0.381 e. The lowest BCUT2D eigenvalue weighted by Crippen LogP contribution is -2.42. The van der Waals surface area contributed by atoms with E-state index < -0.39 is 0 Å². The van der Waals surface area contributed by atoms with E-state index in [1.165, 1.54) is 36.9 Å². The average molecular weight is 246 g/mol. The number of nitrogens with two attached hydrogens (primary N) is 1. The van der Waals surface area contributed by atoms with Gasteiger partial charge in [-0.05, 0) is 42.9 Å². The first kappa shape index (κ1) is 13.4. The van der Waals surface area contributed by atoms with Crippen molar-refractivity contribution in [3.05, 3.63) is 29.8 Å². The van der Waals surface area contributed by atoms with Gasteiger partial charge >= 0.3 is 0 Å². The maximum atomic E-state index is 6.16. The van der Waals surface area contributed by atoms with Crippen molar-refractivity contribution in [1.82, 2.24) is 0 Å². The number of anilines is 1. The third-order valence-electron chi connectivity index (χ3n) is 4.26. The van der Waals surface area contributed by atoms with Crippen LogP contribution in [0.25, 0.3) is 0 Å². The molecule has 1 saturated carbocycles. The summed E-state index contributed by atoms with van der Waals surface area (Å²) in [7, 11) is 0. The number of nitrogens with one attached hydrogen (secondary N) is 1. The van der Waals surface area contributed by atoms with Crippen LogP contribution < -0.4 is 11.1 Å². The Balaban J connectivity index is 1.97. The lowest BCUT2D eigenvalue weighted by molar-refractivity contribution is 0.404. The molecule has 1 aromatic carbocycles. The summed E-state index contributed by atoms with van der Waals surface area (Å²) in [4.78, 5) is 0. The smallest absolute Gasteiger partial charge is 0.0412 e. The van der Waals surface area contributed by atoms with Crippen molar-refractivity contribution >= 4 is 5.69 Å². The SMILES string of the molecule is CCC(C)c1ccc(NC2CCCCC2N)cc1. The molecule has 0 saturated heterocycles. The van der Waals surface area contributed by atoms with Crippen LogP contribution in [0.4, 0.5) is 5.69 Å². The van der Waals surface area contributed by atoms with Gasteiger partial charge in [-0.3, -0.25) is 0 Å². The standard InChI is InChI=1S/C16H26N2/c1-3-12(2)13-8-10-14(11-9-13)18-16-7-5-4-6-15(16)17/h8-12,15-16,18H,3-7,17H2,1-2H3. The number of benzene rings is 1. The molecule has 2 nitrogen and oxygen atoms in total. The first-order chi connectivity index (χ1) is 8.70. The summed E-state index contributed by atoms with van der Waals surface area (Å²) < 4.78 is 0.